The fourth-order valence-electron chi connectivity index (χ4n) is 3.91. The van der Waals surface area contributed by atoms with Crippen LogP contribution in [0, 0.1) is 12.8 Å². The molecule has 0 spiro atoms. The Kier molecular flexibility index (Phi) is 9.46. The first-order valence-corrected chi connectivity index (χ1v) is 12.5. The summed E-state index contributed by atoms with van der Waals surface area (Å²) in [7, 11) is 0. The Morgan fingerprint density at radius 1 is 0.882 bits per heavy atom. The molecular weight excluding hydrogens is 488 g/mol. The van der Waals surface area contributed by atoms with Crippen molar-refractivity contribution in [2.45, 2.75) is 46.2 Å². The van der Waals surface area contributed by atoms with Crippen molar-refractivity contribution < 1.29 is 9.59 Å². The van der Waals surface area contributed by atoms with E-state index in [1.807, 2.05) is 85.8 Å². The highest BCUT2D eigenvalue weighted by Gasteiger charge is 2.30. The quantitative estimate of drug-likeness (QED) is 0.372. The maximum absolute atomic E-state index is 13.7. The first kappa shape index (κ1) is 25.7. The van der Waals surface area contributed by atoms with E-state index in [9.17, 15) is 9.59 Å². The summed E-state index contributed by atoms with van der Waals surface area (Å²) in [5.41, 5.74) is 4.06. The summed E-state index contributed by atoms with van der Waals surface area (Å²) < 4.78 is 0.944. The smallest absolute Gasteiger partial charge is 0.243 e. The van der Waals surface area contributed by atoms with E-state index in [1.54, 1.807) is 4.90 Å². The van der Waals surface area contributed by atoms with E-state index in [1.165, 1.54) is 0 Å². The molecule has 178 valence electrons. The van der Waals surface area contributed by atoms with Gasteiger partial charge in [-0.1, -0.05) is 102 Å². The largest absolute Gasteiger partial charge is 0.354 e. The summed E-state index contributed by atoms with van der Waals surface area (Å²) in [6.07, 6.45) is 0.705. The minimum Gasteiger partial charge on any atom is -0.354 e. The second-order valence-electron chi connectivity index (χ2n) is 9.16. The average Bonchev–Trinajstić information content (AvgIpc) is 2.80. The number of halogens is 1. The van der Waals surface area contributed by atoms with Gasteiger partial charge in [0.05, 0.1) is 6.42 Å². The van der Waals surface area contributed by atoms with Crippen molar-refractivity contribution in [2.75, 3.05) is 6.54 Å². The van der Waals surface area contributed by atoms with Gasteiger partial charge in [-0.15, -0.1) is 0 Å². The van der Waals surface area contributed by atoms with Crippen LogP contribution in [0.3, 0.4) is 0 Å². The molecule has 0 saturated carbocycles. The van der Waals surface area contributed by atoms with Gasteiger partial charge in [-0.2, -0.15) is 0 Å². The maximum atomic E-state index is 13.7. The molecule has 0 aliphatic rings. The third-order valence-electron chi connectivity index (χ3n) is 5.64. The van der Waals surface area contributed by atoms with Crippen molar-refractivity contribution in [1.29, 1.82) is 0 Å². The van der Waals surface area contributed by atoms with Crippen LogP contribution in [0.2, 0.25) is 0 Å². The van der Waals surface area contributed by atoms with Gasteiger partial charge < -0.3 is 10.2 Å². The fourth-order valence-corrected chi connectivity index (χ4v) is 4.35. The lowest BCUT2D eigenvalue weighted by atomic mass is 10.0. The number of rotatable bonds is 10. The Morgan fingerprint density at radius 2 is 1.56 bits per heavy atom. The van der Waals surface area contributed by atoms with Gasteiger partial charge >= 0.3 is 0 Å². The minimum atomic E-state index is -0.613. The molecule has 0 heterocycles. The van der Waals surface area contributed by atoms with Crippen LogP contribution < -0.4 is 5.32 Å². The third-order valence-corrected chi connectivity index (χ3v) is 6.13. The molecule has 0 aromatic heterocycles. The number of carbonyl (C=O) groups is 2. The first-order chi connectivity index (χ1) is 16.3. The van der Waals surface area contributed by atoms with Crippen LogP contribution in [0.1, 0.15) is 36.1 Å². The van der Waals surface area contributed by atoms with Gasteiger partial charge in [0.1, 0.15) is 6.04 Å². The van der Waals surface area contributed by atoms with Crippen molar-refractivity contribution in [1.82, 2.24) is 10.2 Å². The second kappa shape index (κ2) is 12.5. The molecular formula is C29H33BrN2O2. The number of aryl methyl sites for hydroxylation is 1. The number of hydrogen-bond acceptors (Lipinski definition) is 2. The normalized spacial score (nSPS) is 11.8. The maximum Gasteiger partial charge on any atom is 0.243 e. The molecule has 0 radical (unpaired) electrons. The second-order valence-corrected chi connectivity index (χ2v) is 10.1. The molecule has 3 rings (SSSR count). The molecule has 0 saturated heterocycles. The lowest BCUT2D eigenvalue weighted by Gasteiger charge is -2.32. The van der Waals surface area contributed by atoms with Gasteiger partial charge in [0, 0.05) is 24.0 Å². The number of nitrogens with one attached hydrogen (secondary N) is 1. The summed E-state index contributed by atoms with van der Waals surface area (Å²) in [5.74, 6) is 0.138. The highest BCUT2D eigenvalue weighted by molar-refractivity contribution is 9.10. The SMILES string of the molecule is Cc1cccc(CC(=O)N(Cc2cccc(Br)c2)C(Cc2ccccc2)C(=O)NCC(C)C)c1. The number of amides is 2. The Labute approximate surface area is 211 Å². The number of carbonyl (C=O) groups excluding carboxylic acids is 2. The van der Waals surface area contributed by atoms with Gasteiger partial charge in [0.25, 0.3) is 0 Å². The molecule has 0 fully saturated rings. The highest BCUT2D eigenvalue weighted by atomic mass is 79.9. The lowest BCUT2D eigenvalue weighted by Crippen LogP contribution is -2.51. The van der Waals surface area contributed by atoms with E-state index in [2.05, 4.69) is 35.1 Å². The van der Waals surface area contributed by atoms with Crippen LogP contribution in [0.25, 0.3) is 0 Å². The predicted molar refractivity (Wildman–Crippen MR) is 141 cm³/mol. The molecule has 0 aliphatic heterocycles. The Bertz CT molecular complexity index is 1100. The topological polar surface area (TPSA) is 49.4 Å². The summed E-state index contributed by atoms with van der Waals surface area (Å²) in [6.45, 7) is 7.08. The number of nitrogens with zero attached hydrogens (tertiary/aromatic N) is 1. The standard InChI is InChI=1S/C29H33BrN2O2/c1-21(2)19-31-29(34)27(17-23-10-5-4-6-11-23)32(20-25-13-8-14-26(30)16-25)28(33)18-24-12-7-9-22(3)15-24/h4-16,21,27H,17-20H2,1-3H3,(H,31,34). The van der Waals surface area contributed by atoms with Crippen LogP contribution in [-0.2, 0) is 29.0 Å². The first-order valence-electron chi connectivity index (χ1n) is 11.7. The number of hydrogen-bond donors (Lipinski definition) is 1. The molecule has 4 nitrogen and oxygen atoms in total. The highest BCUT2D eigenvalue weighted by Crippen LogP contribution is 2.19. The van der Waals surface area contributed by atoms with Gasteiger partial charge in [0.15, 0.2) is 0 Å². The van der Waals surface area contributed by atoms with Crippen LogP contribution in [0.4, 0.5) is 0 Å². The van der Waals surface area contributed by atoms with Crippen molar-refractivity contribution in [2.24, 2.45) is 5.92 Å². The average molecular weight is 521 g/mol. The van der Waals surface area contributed by atoms with E-state index in [4.69, 9.17) is 0 Å². The zero-order valence-electron chi connectivity index (χ0n) is 20.1. The van der Waals surface area contributed by atoms with E-state index in [0.717, 1.165) is 26.7 Å². The number of benzene rings is 3. The molecule has 1 unspecified atom stereocenters. The van der Waals surface area contributed by atoms with E-state index < -0.39 is 6.04 Å². The molecule has 5 heteroatoms. The Hall–Kier alpha value is -2.92. The van der Waals surface area contributed by atoms with Crippen LogP contribution in [0.5, 0.6) is 0 Å². The third kappa shape index (κ3) is 7.84. The predicted octanol–water partition coefficient (Wildman–Crippen LogP) is 5.71. The van der Waals surface area contributed by atoms with Crippen molar-refractivity contribution in [3.63, 3.8) is 0 Å². The van der Waals surface area contributed by atoms with E-state index in [-0.39, 0.29) is 18.2 Å². The van der Waals surface area contributed by atoms with Crippen molar-refractivity contribution in [3.05, 3.63) is 106 Å². The van der Waals surface area contributed by atoms with Crippen molar-refractivity contribution in [3.8, 4) is 0 Å². The Balaban J connectivity index is 1.96. The monoisotopic (exact) mass is 520 g/mol. The van der Waals surface area contributed by atoms with E-state index >= 15 is 0 Å². The zero-order valence-corrected chi connectivity index (χ0v) is 21.7. The molecule has 1 atom stereocenters. The molecule has 0 aliphatic carbocycles. The summed E-state index contributed by atoms with van der Waals surface area (Å²) in [6, 6.07) is 25.2. The van der Waals surface area contributed by atoms with Gasteiger partial charge in [0.2, 0.25) is 11.8 Å². The molecule has 2 amide bonds. The van der Waals surface area contributed by atoms with Gasteiger partial charge in [-0.3, -0.25) is 9.59 Å². The summed E-state index contributed by atoms with van der Waals surface area (Å²) in [5, 5.41) is 3.07. The van der Waals surface area contributed by atoms with Gasteiger partial charge in [-0.25, -0.2) is 0 Å². The minimum absolute atomic E-state index is 0.0637. The lowest BCUT2D eigenvalue weighted by molar-refractivity contribution is -0.140. The zero-order chi connectivity index (χ0) is 24.5. The van der Waals surface area contributed by atoms with Crippen LogP contribution >= 0.6 is 15.9 Å². The Morgan fingerprint density at radius 3 is 2.24 bits per heavy atom. The van der Waals surface area contributed by atoms with E-state index in [0.29, 0.717) is 25.4 Å². The molecule has 1 N–H and O–H groups in total. The van der Waals surface area contributed by atoms with Crippen LogP contribution in [-0.4, -0.2) is 29.3 Å². The van der Waals surface area contributed by atoms with Crippen LogP contribution in [0.15, 0.2) is 83.3 Å². The van der Waals surface area contributed by atoms with Crippen molar-refractivity contribution >= 4 is 27.7 Å². The van der Waals surface area contributed by atoms with Gasteiger partial charge in [-0.05, 0) is 41.7 Å². The molecule has 3 aromatic carbocycles. The molecule has 34 heavy (non-hydrogen) atoms. The summed E-state index contributed by atoms with van der Waals surface area (Å²) in [4.78, 5) is 28.9. The summed E-state index contributed by atoms with van der Waals surface area (Å²) >= 11 is 3.53. The molecule has 3 aromatic rings. The fraction of sp³-hybridized carbons (Fsp3) is 0.310. The molecule has 0 bridgehead atoms.